The number of primary sulfonamides is 1. The summed E-state index contributed by atoms with van der Waals surface area (Å²) in [6.07, 6.45) is 2.38. The van der Waals surface area contributed by atoms with Crippen molar-refractivity contribution in [3.05, 3.63) is 29.8 Å². The zero-order valence-corrected chi connectivity index (χ0v) is 15.8. The largest absolute Gasteiger partial charge is 0.370 e. The van der Waals surface area contributed by atoms with E-state index in [2.05, 4.69) is 15.2 Å². The zero-order valence-electron chi connectivity index (χ0n) is 15.0. The first-order chi connectivity index (χ1) is 12.3. The van der Waals surface area contributed by atoms with E-state index in [1.54, 1.807) is 12.1 Å². The molecule has 144 valence electrons. The second-order valence-electron chi connectivity index (χ2n) is 6.48. The van der Waals surface area contributed by atoms with Crippen molar-refractivity contribution in [3.8, 4) is 0 Å². The second-order valence-corrected chi connectivity index (χ2v) is 8.05. The van der Waals surface area contributed by atoms with Gasteiger partial charge < -0.3 is 16.0 Å². The molecule has 2 rings (SSSR count). The van der Waals surface area contributed by atoms with Crippen LogP contribution in [0.1, 0.15) is 31.7 Å². The number of sulfonamides is 1. The SMILES string of the molecule is CCNC(=NCc1ccc(S(N)(=O)=O)cc1)N1CCCC(CC(N)=O)C1. The van der Waals surface area contributed by atoms with Gasteiger partial charge in [0.15, 0.2) is 5.96 Å². The Bertz CT molecular complexity index is 746. The first-order valence-electron chi connectivity index (χ1n) is 8.73. The molecule has 26 heavy (non-hydrogen) atoms. The Hall–Kier alpha value is -2.13. The zero-order chi connectivity index (χ0) is 19.2. The van der Waals surface area contributed by atoms with Crippen molar-refractivity contribution in [1.29, 1.82) is 0 Å². The lowest BCUT2D eigenvalue weighted by atomic mass is 9.95. The summed E-state index contributed by atoms with van der Waals surface area (Å²) in [7, 11) is -3.69. The Morgan fingerprint density at radius 2 is 2.04 bits per heavy atom. The molecule has 0 spiro atoms. The van der Waals surface area contributed by atoms with E-state index in [-0.39, 0.29) is 16.7 Å². The van der Waals surface area contributed by atoms with Crippen molar-refractivity contribution in [1.82, 2.24) is 10.2 Å². The van der Waals surface area contributed by atoms with Crippen molar-refractivity contribution in [2.45, 2.75) is 37.6 Å². The molecule has 1 aromatic carbocycles. The highest BCUT2D eigenvalue weighted by Gasteiger charge is 2.23. The predicted molar refractivity (Wildman–Crippen MR) is 101 cm³/mol. The van der Waals surface area contributed by atoms with Crippen molar-refractivity contribution < 1.29 is 13.2 Å². The van der Waals surface area contributed by atoms with Crippen molar-refractivity contribution in [3.63, 3.8) is 0 Å². The van der Waals surface area contributed by atoms with Gasteiger partial charge in [-0.1, -0.05) is 12.1 Å². The van der Waals surface area contributed by atoms with Crippen LogP contribution in [0.3, 0.4) is 0 Å². The van der Waals surface area contributed by atoms with Gasteiger partial charge in [-0.2, -0.15) is 0 Å². The third-order valence-corrected chi connectivity index (χ3v) is 5.24. The Kier molecular flexibility index (Phi) is 6.98. The molecule has 1 saturated heterocycles. The highest BCUT2D eigenvalue weighted by atomic mass is 32.2. The molecule has 0 aliphatic carbocycles. The number of likely N-dealkylation sites (tertiary alicyclic amines) is 1. The van der Waals surface area contributed by atoms with Gasteiger partial charge >= 0.3 is 0 Å². The molecule has 1 unspecified atom stereocenters. The van der Waals surface area contributed by atoms with E-state index in [4.69, 9.17) is 10.9 Å². The molecule has 1 aromatic rings. The Labute approximate surface area is 154 Å². The van der Waals surface area contributed by atoms with Gasteiger partial charge in [-0.25, -0.2) is 18.5 Å². The fraction of sp³-hybridized carbons (Fsp3) is 0.529. The van der Waals surface area contributed by atoms with Crippen LogP contribution in [-0.2, 0) is 21.4 Å². The Morgan fingerprint density at radius 1 is 1.35 bits per heavy atom. The number of nitrogens with two attached hydrogens (primary N) is 2. The number of aliphatic imine (C=N–C) groups is 1. The number of carbonyl (C=O) groups is 1. The maximum absolute atomic E-state index is 11.3. The van der Waals surface area contributed by atoms with Crippen LogP contribution in [0.15, 0.2) is 34.2 Å². The number of primary amides is 1. The van der Waals surface area contributed by atoms with Gasteiger partial charge in [0.05, 0.1) is 11.4 Å². The fourth-order valence-electron chi connectivity index (χ4n) is 3.09. The van der Waals surface area contributed by atoms with E-state index in [1.807, 2.05) is 6.92 Å². The predicted octanol–water partition coefficient (Wildman–Crippen LogP) is 0.387. The van der Waals surface area contributed by atoms with E-state index in [9.17, 15) is 13.2 Å². The number of nitrogens with zero attached hydrogens (tertiary/aromatic N) is 2. The molecule has 1 amide bonds. The number of benzene rings is 1. The van der Waals surface area contributed by atoms with E-state index >= 15 is 0 Å². The average Bonchev–Trinajstić information content (AvgIpc) is 2.58. The van der Waals surface area contributed by atoms with Crippen molar-refractivity contribution in [2.24, 2.45) is 21.8 Å². The smallest absolute Gasteiger partial charge is 0.238 e. The number of hydrogen-bond acceptors (Lipinski definition) is 4. The molecular formula is C17H27N5O3S. The van der Waals surface area contributed by atoms with Crippen LogP contribution >= 0.6 is 0 Å². The topological polar surface area (TPSA) is 131 Å². The normalized spacial score (nSPS) is 18.6. The molecule has 1 fully saturated rings. The molecule has 1 heterocycles. The number of carbonyl (C=O) groups excluding carboxylic acids is 1. The third-order valence-electron chi connectivity index (χ3n) is 4.31. The summed E-state index contributed by atoms with van der Waals surface area (Å²) in [5.74, 6) is 0.769. The minimum atomic E-state index is -3.69. The molecule has 1 aliphatic rings. The van der Waals surface area contributed by atoms with Crippen LogP contribution in [0.4, 0.5) is 0 Å². The fourth-order valence-corrected chi connectivity index (χ4v) is 3.60. The summed E-state index contributed by atoms with van der Waals surface area (Å²) < 4.78 is 22.6. The second kappa shape index (κ2) is 9.00. The van der Waals surface area contributed by atoms with E-state index in [0.717, 1.165) is 44.0 Å². The summed E-state index contributed by atoms with van der Waals surface area (Å²) in [6, 6.07) is 6.38. The first-order valence-corrected chi connectivity index (χ1v) is 10.3. The average molecular weight is 382 g/mol. The van der Waals surface area contributed by atoms with Crippen LogP contribution < -0.4 is 16.2 Å². The summed E-state index contributed by atoms with van der Waals surface area (Å²) in [5, 5.41) is 8.38. The lowest BCUT2D eigenvalue weighted by molar-refractivity contribution is -0.119. The number of hydrogen-bond donors (Lipinski definition) is 3. The summed E-state index contributed by atoms with van der Waals surface area (Å²) >= 11 is 0. The van der Waals surface area contributed by atoms with Crippen LogP contribution in [-0.4, -0.2) is 44.8 Å². The maximum Gasteiger partial charge on any atom is 0.238 e. The first kappa shape index (κ1) is 20.2. The molecule has 0 aromatic heterocycles. The number of nitrogens with one attached hydrogen (secondary N) is 1. The minimum absolute atomic E-state index is 0.0856. The highest BCUT2D eigenvalue weighted by molar-refractivity contribution is 7.89. The van der Waals surface area contributed by atoms with Crippen LogP contribution in [0.2, 0.25) is 0 Å². The van der Waals surface area contributed by atoms with Gasteiger partial charge in [-0.3, -0.25) is 4.79 Å². The molecule has 1 atom stereocenters. The Balaban J connectivity index is 2.07. The monoisotopic (exact) mass is 381 g/mol. The maximum atomic E-state index is 11.3. The summed E-state index contributed by atoms with van der Waals surface area (Å²) in [5.41, 5.74) is 6.21. The number of rotatable bonds is 6. The molecule has 0 saturated carbocycles. The van der Waals surface area contributed by atoms with E-state index in [0.29, 0.717) is 13.0 Å². The molecule has 0 radical (unpaired) electrons. The van der Waals surface area contributed by atoms with Gasteiger partial charge in [0.1, 0.15) is 0 Å². The quantitative estimate of drug-likeness (QED) is 0.484. The lowest BCUT2D eigenvalue weighted by Crippen LogP contribution is -2.47. The van der Waals surface area contributed by atoms with Gasteiger partial charge in [0.2, 0.25) is 15.9 Å². The van der Waals surface area contributed by atoms with Crippen LogP contribution in [0.25, 0.3) is 0 Å². The standard InChI is InChI=1S/C17H27N5O3S/c1-2-20-17(22-9-3-4-14(12-22)10-16(18)23)21-11-13-5-7-15(8-6-13)26(19,24)25/h5-8,14H,2-4,9-12H2,1H3,(H2,18,23)(H,20,21)(H2,19,24,25). The molecule has 9 heteroatoms. The van der Waals surface area contributed by atoms with Gasteiger partial charge in [-0.05, 0) is 43.4 Å². The molecule has 8 nitrogen and oxygen atoms in total. The minimum Gasteiger partial charge on any atom is -0.370 e. The molecular weight excluding hydrogens is 354 g/mol. The van der Waals surface area contributed by atoms with Gasteiger partial charge in [0.25, 0.3) is 0 Å². The summed E-state index contributed by atoms with van der Waals surface area (Å²) in [6.45, 7) is 4.79. The van der Waals surface area contributed by atoms with Crippen molar-refractivity contribution in [2.75, 3.05) is 19.6 Å². The van der Waals surface area contributed by atoms with Crippen molar-refractivity contribution >= 4 is 21.9 Å². The number of piperidine rings is 1. The lowest BCUT2D eigenvalue weighted by Gasteiger charge is -2.34. The molecule has 0 bridgehead atoms. The molecule has 1 aliphatic heterocycles. The van der Waals surface area contributed by atoms with E-state index < -0.39 is 10.0 Å². The third kappa shape index (κ3) is 5.99. The Morgan fingerprint density at radius 3 is 2.62 bits per heavy atom. The molecule has 5 N–H and O–H groups in total. The number of guanidine groups is 1. The number of amides is 1. The summed E-state index contributed by atoms with van der Waals surface area (Å²) in [4.78, 5) is 18.1. The van der Waals surface area contributed by atoms with Crippen LogP contribution in [0.5, 0.6) is 0 Å². The van der Waals surface area contributed by atoms with Crippen LogP contribution in [0, 0.1) is 5.92 Å². The van der Waals surface area contributed by atoms with Gasteiger partial charge in [-0.15, -0.1) is 0 Å². The highest BCUT2D eigenvalue weighted by Crippen LogP contribution is 2.19. The van der Waals surface area contributed by atoms with E-state index in [1.165, 1.54) is 12.1 Å². The van der Waals surface area contributed by atoms with Gasteiger partial charge in [0, 0.05) is 26.1 Å².